The minimum Gasteiger partial charge on any atom is -0.481 e. The van der Waals surface area contributed by atoms with E-state index in [9.17, 15) is 9.00 Å². The van der Waals surface area contributed by atoms with Crippen LogP contribution in [0.25, 0.3) is 0 Å². The summed E-state index contributed by atoms with van der Waals surface area (Å²) in [6.45, 7) is 3.21. The molecule has 0 aromatic heterocycles. The van der Waals surface area contributed by atoms with Crippen LogP contribution in [0.15, 0.2) is 29.2 Å². The molecule has 5 heteroatoms. The fourth-order valence-corrected chi connectivity index (χ4v) is 2.82. The normalized spacial score (nSPS) is 16.4. The van der Waals surface area contributed by atoms with E-state index >= 15 is 0 Å². The second-order valence-corrected chi connectivity index (χ2v) is 5.83. The lowest BCUT2D eigenvalue weighted by molar-refractivity contribution is -0.141. The topological polar surface area (TPSA) is 54.4 Å². The number of halogens is 1. The van der Waals surface area contributed by atoms with Crippen LogP contribution in [0, 0.1) is 5.92 Å². The Bertz CT molecular complexity index is 419. The van der Waals surface area contributed by atoms with Crippen LogP contribution in [0.5, 0.6) is 0 Å². The Kier molecular flexibility index (Phi) is 4.50. The molecule has 3 nitrogen and oxygen atoms in total. The standard InChI is InChI=1S/C11H13ClO3S/c1-7(11(13)14)8(2)16(15)10-5-3-4-9(12)6-10/h3-8H,1-2H3,(H,13,14). The van der Waals surface area contributed by atoms with Crippen molar-refractivity contribution in [3.8, 4) is 0 Å². The average molecular weight is 261 g/mol. The maximum Gasteiger partial charge on any atom is 0.307 e. The Balaban J connectivity index is 2.90. The van der Waals surface area contributed by atoms with Crippen LogP contribution in [0.3, 0.4) is 0 Å². The van der Waals surface area contributed by atoms with E-state index in [1.165, 1.54) is 0 Å². The van der Waals surface area contributed by atoms with Crippen molar-refractivity contribution < 1.29 is 14.1 Å². The number of hydrogen-bond acceptors (Lipinski definition) is 2. The predicted octanol–water partition coefficient (Wildman–Crippen LogP) is 2.56. The molecule has 0 saturated carbocycles. The summed E-state index contributed by atoms with van der Waals surface area (Å²) < 4.78 is 12.0. The highest BCUT2D eigenvalue weighted by molar-refractivity contribution is 7.85. The van der Waals surface area contributed by atoms with Crippen LogP contribution in [0.4, 0.5) is 0 Å². The van der Waals surface area contributed by atoms with Crippen molar-refractivity contribution in [2.24, 2.45) is 5.92 Å². The van der Waals surface area contributed by atoms with Crippen LogP contribution in [-0.2, 0) is 15.6 Å². The summed E-state index contributed by atoms with van der Waals surface area (Å²) in [7, 11) is -1.35. The predicted molar refractivity (Wildman–Crippen MR) is 64.1 cm³/mol. The Morgan fingerprint density at radius 1 is 1.44 bits per heavy atom. The maximum atomic E-state index is 12.0. The fourth-order valence-electron chi connectivity index (χ4n) is 1.19. The van der Waals surface area contributed by atoms with Crippen LogP contribution < -0.4 is 0 Å². The molecule has 0 bridgehead atoms. The first-order valence-electron chi connectivity index (χ1n) is 4.82. The molecule has 0 amide bonds. The highest BCUT2D eigenvalue weighted by Crippen LogP contribution is 2.20. The highest BCUT2D eigenvalue weighted by atomic mass is 35.5. The zero-order valence-corrected chi connectivity index (χ0v) is 10.6. The summed E-state index contributed by atoms with van der Waals surface area (Å²) in [5.41, 5.74) is 0. The molecule has 3 unspecified atom stereocenters. The van der Waals surface area contributed by atoms with Gasteiger partial charge in [-0.05, 0) is 25.1 Å². The molecule has 1 rings (SSSR count). The molecular weight excluding hydrogens is 248 g/mol. The van der Waals surface area contributed by atoms with Crippen molar-refractivity contribution in [1.29, 1.82) is 0 Å². The fraction of sp³-hybridized carbons (Fsp3) is 0.364. The largest absolute Gasteiger partial charge is 0.481 e. The molecule has 0 saturated heterocycles. The Labute approximate surface area is 102 Å². The molecule has 0 aliphatic heterocycles. The van der Waals surface area contributed by atoms with E-state index in [2.05, 4.69) is 0 Å². The van der Waals surface area contributed by atoms with Gasteiger partial charge >= 0.3 is 5.97 Å². The number of rotatable bonds is 4. The summed E-state index contributed by atoms with van der Waals surface area (Å²) in [5, 5.41) is 8.90. The van der Waals surface area contributed by atoms with Crippen molar-refractivity contribution in [2.45, 2.75) is 24.0 Å². The second kappa shape index (κ2) is 5.46. The Morgan fingerprint density at radius 2 is 2.06 bits per heavy atom. The third-order valence-electron chi connectivity index (χ3n) is 2.46. The van der Waals surface area contributed by atoms with E-state index in [1.54, 1.807) is 38.1 Å². The van der Waals surface area contributed by atoms with Gasteiger partial charge in [0, 0.05) is 15.2 Å². The monoisotopic (exact) mass is 260 g/mol. The van der Waals surface area contributed by atoms with Crippen molar-refractivity contribution in [1.82, 2.24) is 0 Å². The summed E-state index contributed by atoms with van der Waals surface area (Å²) in [5.74, 6) is -1.59. The molecule has 88 valence electrons. The second-order valence-electron chi connectivity index (χ2n) is 3.59. The van der Waals surface area contributed by atoms with E-state index in [4.69, 9.17) is 16.7 Å². The number of aliphatic carboxylic acids is 1. The smallest absolute Gasteiger partial charge is 0.307 e. The highest BCUT2D eigenvalue weighted by Gasteiger charge is 2.25. The maximum absolute atomic E-state index is 12.0. The van der Waals surface area contributed by atoms with Crippen LogP contribution in [0.1, 0.15) is 13.8 Å². The van der Waals surface area contributed by atoms with Crippen LogP contribution >= 0.6 is 11.6 Å². The lowest BCUT2D eigenvalue weighted by atomic mass is 10.1. The molecule has 0 radical (unpaired) electrons. The zero-order valence-electron chi connectivity index (χ0n) is 9.01. The summed E-state index contributed by atoms with van der Waals surface area (Å²) in [6, 6.07) is 6.68. The van der Waals surface area contributed by atoms with Gasteiger partial charge in [-0.15, -0.1) is 0 Å². The molecule has 1 aromatic rings. The van der Waals surface area contributed by atoms with Gasteiger partial charge in [-0.25, -0.2) is 0 Å². The zero-order chi connectivity index (χ0) is 12.3. The van der Waals surface area contributed by atoms with E-state index in [0.717, 1.165) is 0 Å². The Hall–Kier alpha value is -0.870. The SMILES string of the molecule is CC(C(=O)O)C(C)S(=O)c1cccc(Cl)c1. The molecule has 16 heavy (non-hydrogen) atoms. The number of hydrogen-bond donors (Lipinski definition) is 1. The number of benzene rings is 1. The number of carbonyl (C=O) groups is 1. The van der Waals surface area contributed by atoms with Crippen molar-refractivity contribution >= 4 is 28.4 Å². The van der Waals surface area contributed by atoms with Crippen molar-refractivity contribution in [2.75, 3.05) is 0 Å². The van der Waals surface area contributed by atoms with Gasteiger partial charge in [0.05, 0.1) is 16.7 Å². The summed E-state index contributed by atoms with van der Waals surface area (Å²) in [6.07, 6.45) is 0. The van der Waals surface area contributed by atoms with Gasteiger partial charge in [0.25, 0.3) is 0 Å². The Morgan fingerprint density at radius 3 is 2.56 bits per heavy atom. The quantitative estimate of drug-likeness (QED) is 0.905. The van der Waals surface area contributed by atoms with E-state index in [-0.39, 0.29) is 0 Å². The molecular formula is C11H13ClO3S. The molecule has 1 aromatic carbocycles. The minimum absolute atomic E-state index is 0.448. The minimum atomic E-state index is -1.35. The molecule has 3 atom stereocenters. The van der Waals surface area contributed by atoms with Crippen molar-refractivity contribution in [3.63, 3.8) is 0 Å². The van der Waals surface area contributed by atoms with Gasteiger partial charge < -0.3 is 5.11 Å². The van der Waals surface area contributed by atoms with Gasteiger partial charge in [0.15, 0.2) is 0 Å². The van der Waals surface area contributed by atoms with Gasteiger partial charge in [-0.1, -0.05) is 24.6 Å². The van der Waals surface area contributed by atoms with Crippen LogP contribution in [0.2, 0.25) is 5.02 Å². The summed E-state index contributed by atoms with van der Waals surface area (Å²) >= 11 is 5.78. The first-order valence-corrected chi connectivity index (χ1v) is 6.41. The van der Waals surface area contributed by atoms with Gasteiger partial charge in [-0.3, -0.25) is 9.00 Å². The van der Waals surface area contributed by atoms with Gasteiger partial charge in [-0.2, -0.15) is 0 Å². The van der Waals surface area contributed by atoms with E-state index in [0.29, 0.717) is 9.92 Å². The van der Waals surface area contributed by atoms with Crippen LogP contribution in [-0.4, -0.2) is 20.5 Å². The lowest BCUT2D eigenvalue weighted by Gasteiger charge is -2.15. The molecule has 0 aliphatic carbocycles. The third-order valence-corrected chi connectivity index (χ3v) is 4.50. The lowest BCUT2D eigenvalue weighted by Crippen LogP contribution is -2.26. The number of carboxylic acids is 1. The number of carboxylic acid groups (broad SMARTS) is 1. The average Bonchev–Trinajstić information content (AvgIpc) is 2.26. The summed E-state index contributed by atoms with van der Waals surface area (Å²) in [4.78, 5) is 11.3. The first kappa shape index (κ1) is 13.2. The molecule has 0 spiro atoms. The molecule has 0 heterocycles. The van der Waals surface area contributed by atoms with E-state index in [1.807, 2.05) is 0 Å². The molecule has 1 N–H and O–H groups in total. The molecule has 0 aliphatic rings. The van der Waals surface area contributed by atoms with Gasteiger partial charge in [0.1, 0.15) is 0 Å². The first-order chi connectivity index (χ1) is 7.43. The van der Waals surface area contributed by atoms with Gasteiger partial charge in [0.2, 0.25) is 0 Å². The molecule has 0 fully saturated rings. The van der Waals surface area contributed by atoms with Crippen molar-refractivity contribution in [3.05, 3.63) is 29.3 Å². The third kappa shape index (κ3) is 3.06. The van der Waals surface area contributed by atoms with E-state index < -0.39 is 27.9 Å².